The summed E-state index contributed by atoms with van der Waals surface area (Å²) in [6.45, 7) is 1.44. The van der Waals surface area contributed by atoms with Gasteiger partial charge in [-0.1, -0.05) is 25.0 Å². The third-order valence-corrected chi connectivity index (χ3v) is 5.67. The molecule has 1 saturated carbocycles. The molecule has 2 amide bonds. The van der Waals surface area contributed by atoms with Gasteiger partial charge in [0.05, 0.1) is 19.8 Å². The van der Waals surface area contributed by atoms with E-state index in [1.165, 1.54) is 18.4 Å². The number of nitrogens with zero attached hydrogens (tertiary/aromatic N) is 1. The van der Waals surface area contributed by atoms with Gasteiger partial charge in [-0.2, -0.15) is 0 Å². The van der Waals surface area contributed by atoms with E-state index in [0.717, 1.165) is 38.0 Å². The van der Waals surface area contributed by atoms with E-state index in [1.54, 1.807) is 12.0 Å². The number of carbonyl (C=O) groups is 1. The molecule has 3 rings (SSSR count). The molecular formula is C19H28N2O3. The molecule has 0 bridgehead atoms. The van der Waals surface area contributed by atoms with Crippen molar-refractivity contribution in [3.8, 4) is 5.75 Å². The number of methoxy groups -OCH3 is 1. The predicted octanol–water partition coefficient (Wildman–Crippen LogP) is 2.67. The lowest BCUT2D eigenvalue weighted by molar-refractivity contribution is 0.155. The molecule has 1 aromatic rings. The average Bonchev–Trinajstić information content (AvgIpc) is 3.29. The zero-order valence-electron chi connectivity index (χ0n) is 14.5. The first kappa shape index (κ1) is 17.1. The third-order valence-electron chi connectivity index (χ3n) is 5.67. The van der Waals surface area contributed by atoms with Crippen LogP contribution in [-0.2, 0) is 5.41 Å². The Morgan fingerprint density at radius 3 is 2.88 bits per heavy atom. The van der Waals surface area contributed by atoms with Gasteiger partial charge in [-0.05, 0) is 43.4 Å². The van der Waals surface area contributed by atoms with Crippen LogP contribution in [0.2, 0.25) is 0 Å². The van der Waals surface area contributed by atoms with Gasteiger partial charge >= 0.3 is 6.03 Å². The normalized spacial score (nSPS) is 22.6. The highest BCUT2D eigenvalue weighted by Gasteiger charge is 2.37. The number of aliphatic hydroxyl groups is 1. The van der Waals surface area contributed by atoms with E-state index in [4.69, 9.17) is 4.74 Å². The number of carbonyl (C=O) groups excluding carboxylic acids is 1. The molecule has 5 nitrogen and oxygen atoms in total. The van der Waals surface area contributed by atoms with Crippen molar-refractivity contribution < 1.29 is 14.6 Å². The van der Waals surface area contributed by atoms with Crippen LogP contribution >= 0.6 is 0 Å². The molecule has 24 heavy (non-hydrogen) atoms. The lowest BCUT2D eigenvalue weighted by Crippen LogP contribution is -2.48. The average molecular weight is 332 g/mol. The number of ether oxygens (including phenoxy) is 1. The van der Waals surface area contributed by atoms with Crippen molar-refractivity contribution in [2.75, 3.05) is 26.8 Å². The van der Waals surface area contributed by atoms with E-state index in [1.807, 2.05) is 12.1 Å². The molecule has 5 heteroatoms. The second-order valence-electron chi connectivity index (χ2n) is 7.05. The molecule has 1 heterocycles. The molecule has 1 aliphatic heterocycles. The van der Waals surface area contributed by atoms with Crippen LogP contribution in [0.5, 0.6) is 5.75 Å². The Morgan fingerprint density at radius 1 is 1.38 bits per heavy atom. The molecule has 2 fully saturated rings. The van der Waals surface area contributed by atoms with Gasteiger partial charge in [-0.25, -0.2) is 4.79 Å². The summed E-state index contributed by atoms with van der Waals surface area (Å²) in [6.07, 6.45) is 6.42. The number of urea groups is 1. The Bertz CT molecular complexity index is 569. The van der Waals surface area contributed by atoms with E-state index < -0.39 is 0 Å². The number of hydrogen-bond donors (Lipinski definition) is 2. The minimum atomic E-state index is -0.0410. The number of hydrogen-bond acceptors (Lipinski definition) is 3. The molecule has 0 aromatic heterocycles. The first-order valence-electron chi connectivity index (χ1n) is 8.98. The van der Waals surface area contributed by atoms with Crippen LogP contribution in [0, 0.1) is 0 Å². The number of likely N-dealkylation sites (tertiary alicyclic amines) is 1. The Morgan fingerprint density at radius 2 is 2.17 bits per heavy atom. The van der Waals surface area contributed by atoms with E-state index in [2.05, 4.69) is 17.4 Å². The minimum absolute atomic E-state index is 0.00135. The van der Waals surface area contributed by atoms with Crippen molar-refractivity contribution in [3.05, 3.63) is 29.8 Å². The minimum Gasteiger partial charge on any atom is -0.497 e. The van der Waals surface area contributed by atoms with Gasteiger partial charge in [0, 0.05) is 18.5 Å². The predicted molar refractivity (Wildman–Crippen MR) is 93.4 cm³/mol. The first-order valence-corrected chi connectivity index (χ1v) is 8.98. The van der Waals surface area contributed by atoms with Gasteiger partial charge in [0.1, 0.15) is 5.75 Å². The van der Waals surface area contributed by atoms with E-state index in [-0.39, 0.29) is 24.1 Å². The van der Waals surface area contributed by atoms with Crippen molar-refractivity contribution in [1.82, 2.24) is 10.2 Å². The van der Waals surface area contributed by atoms with E-state index in [0.29, 0.717) is 6.54 Å². The number of amides is 2. The van der Waals surface area contributed by atoms with Crippen LogP contribution in [-0.4, -0.2) is 48.9 Å². The Kier molecular flexibility index (Phi) is 5.29. The summed E-state index contributed by atoms with van der Waals surface area (Å²) in [5.41, 5.74) is 1.25. The Labute approximate surface area is 144 Å². The van der Waals surface area contributed by atoms with Crippen molar-refractivity contribution in [2.24, 2.45) is 0 Å². The molecule has 2 N–H and O–H groups in total. The quantitative estimate of drug-likeness (QED) is 0.871. The SMILES string of the molecule is COc1cccc(C2(CNC(=O)N3CCCC3CO)CCCC2)c1. The maximum Gasteiger partial charge on any atom is 0.317 e. The van der Waals surface area contributed by atoms with Crippen LogP contribution in [0.25, 0.3) is 0 Å². The topological polar surface area (TPSA) is 61.8 Å². The second-order valence-corrected chi connectivity index (χ2v) is 7.05. The molecule has 1 atom stereocenters. The third kappa shape index (κ3) is 3.36. The molecule has 0 radical (unpaired) electrons. The summed E-state index contributed by atoms with van der Waals surface area (Å²) in [7, 11) is 1.69. The summed E-state index contributed by atoms with van der Waals surface area (Å²) in [5, 5.41) is 12.6. The second kappa shape index (κ2) is 7.43. The van der Waals surface area contributed by atoms with Gasteiger partial charge in [0.2, 0.25) is 0 Å². The summed E-state index contributed by atoms with van der Waals surface area (Å²) in [6, 6.07) is 8.16. The van der Waals surface area contributed by atoms with Gasteiger partial charge < -0.3 is 20.1 Å². The molecule has 1 aliphatic carbocycles. The molecule has 1 saturated heterocycles. The number of nitrogens with one attached hydrogen (secondary N) is 1. The van der Waals surface area contributed by atoms with Gasteiger partial charge in [0.25, 0.3) is 0 Å². The molecule has 0 spiro atoms. The summed E-state index contributed by atoms with van der Waals surface area (Å²) in [4.78, 5) is 14.3. The fourth-order valence-electron chi connectivity index (χ4n) is 4.21. The van der Waals surface area contributed by atoms with Crippen LogP contribution in [0.1, 0.15) is 44.1 Å². The Balaban J connectivity index is 1.71. The fourth-order valence-corrected chi connectivity index (χ4v) is 4.21. The van der Waals surface area contributed by atoms with E-state index in [9.17, 15) is 9.90 Å². The first-order chi connectivity index (χ1) is 11.7. The highest BCUT2D eigenvalue weighted by atomic mass is 16.5. The van der Waals surface area contributed by atoms with Crippen LogP contribution in [0.3, 0.4) is 0 Å². The van der Waals surface area contributed by atoms with Crippen LogP contribution in [0.4, 0.5) is 4.79 Å². The number of aliphatic hydroxyl groups excluding tert-OH is 1. The standard InChI is InChI=1S/C19H28N2O3/c1-24-17-8-4-6-15(12-17)19(9-2-3-10-19)14-20-18(23)21-11-5-7-16(21)13-22/h4,6,8,12,16,22H,2-3,5,7,9-11,13-14H2,1H3,(H,20,23). The molecule has 1 aromatic carbocycles. The zero-order chi connectivity index (χ0) is 17.0. The lowest BCUT2D eigenvalue weighted by atomic mass is 9.78. The molecule has 132 valence electrons. The van der Waals surface area contributed by atoms with Crippen molar-refractivity contribution >= 4 is 6.03 Å². The van der Waals surface area contributed by atoms with Crippen LogP contribution < -0.4 is 10.1 Å². The van der Waals surface area contributed by atoms with Gasteiger partial charge in [0.15, 0.2) is 0 Å². The maximum absolute atomic E-state index is 12.5. The Hall–Kier alpha value is -1.75. The van der Waals surface area contributed by atoms with Gasteiger partial charge in [-0.15, -0.1) is 0 Å². The summed E-state index contributed by atoms with van der Waals surface area (Å²) >= 11 is 0. The lowest BCUT2D eigenvalue weighted by Gasteiger charge is -2.32. The zero-order valence-corrected chi connectivity index (χ0v) is 14.5. The molecular weight excluding hydrogens is 304 g/mol. The highest BCUT2D eigenvalue weighted by Crippen LogP contribution is 2.41. The largest absolute Gasteiger partial charge is 0.497 e. The number of rotatable bonds is 5. The maximum atomic E-state index is 12.5. The van der Waals surface area contributed by atoms with Crippen LogP contribution in [0.15, 0.2) is 24.3 Å². The molecule has 2 aliphatic rings. The smallest absolute Gasteiger partial charge is 0.317 e. The highest BCUT2D eigenvalue weighted by molar-refractivity contribution is 5.75. The van der Waals surface area contributed by atoms with Crippen molar-refractivity contribution in [3.63, 3.8) is 0 Å². The molecule has 1 unspecified atom stereocenters. The summed E-state index contributed by atoms with van der Waals surface area (Å²) < 4.78 is 5.37. The van der Waals surface area contributed by atoms with Gasteiger partial charge in [-0.3, -0.25) is 0 Å². The monoisotopic (exact) mass is 332 g/mol. The van der Waals surface area contributed by atoms with E-state index >= 15 is 0 Å². The van der Waals surface area contributed by atoms with Crippen molar-refractivity contribution in [2.45, 2.75) is 50.0 Å². The number of benzene rings is 1. The van der Waals surface area contributed by atoms with Crippen molar-refractivity contribution in [1.29, 1.82) is 0 Å². The fraction of sp³-hybridized carbons (Fsp3) is 0.632. The summed E-state index contributed by atoms with van der Waals surface area (Å²) in [5.74, 6) is 0.866.